The Morgan fingerprint density at radius 1 is 1.25 bits per heavy atom. The van der Waals surface area contributed by atoms with Gasteiger partial charge in [-0.2, -0.15) is 5.26 Å². The van der Waals surface area contributed by atoms with Gasteiger partial charge in [-0.25, -0.2) is 0 Å². The molecule has 1 aromatic carbocycles. The van der Waals surface area contributed by atoms with Crippen LogP contribution in [0.5, 0.6) is 0 Å². The fraction of sp³-hybridized carbons (Fsp3) is 0.462. The van der Waals surface area contributed by atoms with Crippen LogP contribution >= 0.6 is 0 Å². The maximum Gasteiger partial charge on any atom is 0.0642 e. The van der Waals surface area contributed by atoms with Gasteiger partial charge in [-0.05, 0) is 18.1 Å². The van der Waals surface area contributed by atoms with Gasteiger partial charge in [0.05, 0.1) is 19.3 Å². The molecule has 0 atom stereocenters. The molecule has 2 rings (SSSR count). The fourth-order valence-electron chi connectivity index (χ4n) is 2.03. The lowest BCUT2D eigenvalue weighted by Gasteiger charge is -2.30. The summed E-state index contributed by atoms with van der Waals surface area (Å²) in [5, 5.41) is 8.65. The van der Waals surface area contributed by atoms with Crippen molar-refractivity contribution in [2.75, 3.05) is 31.2 Å². The molecule has 1 aliphatic heterocycles. The van der Waals surface area contributed by atoms with Gasteiger partial charge >= 0.3 is 0 Å². The summed E-state index contributed by atoms with van der Waals surface area (Å²) in [6.07, 6.45) is 1.42. The summed E-state index contributed by atoms with van der Waals surface area (Å²) in [6, 6.07) is 10.5. The number of aryl methyl sites for hydroxylation is 1. The molecule has 0 bridgehead atoms. The number of morpholine rings is 1. The normalized spacial score (nSPS) is 15.8. The van der Waals surface area contributed by atoms with Crippen LogP contribution in [0.25, 0.3) is 0 Å². The summed E-state index contributed by atoms with van der Waals surface area (Å²) >= 11 is 0. The van der Waals surface area contributed by atoms with Gasteiger partial charge in [0.1, 0.15) is 0 Å². The third-order valence-electron chi connectivity index (χ3n) is 2.85. The highest BCUT2D eigenvalue weighted by Crippen LogP contribution is 2.22. The van der Waals surface area contributed by atoms with Crippen LogP contribution < -0.4 is 4.90 Å². The predicted molar refractivity (Wildman–Crippen MR) is 63.4 cm³/mol. The molecule has 1 aliphatic rings. The summed E-state index contributed by atoms with van der Waals surface area (Å²) in [4.78, 5) is 2.34. The molecule has 0 saturated carbocycles. The number of rotatable bonds is 3. The van der Waals surface area contributed by atoms with Crippen molar-refractivity contribution in [3.8, 4) is 6.07 Å². The van der Waals surface area contributed by atoms with Gasteiger partial charge in [0.25, 0.3) is 0 Å². The first kappa shape index (κ1) is 11.0. The van der Waals surface area contributed by atoms with E-state index < -0.39 is 0 Å². The van der Waals surface area contributed by atoms with Crippen molar-refractivity contribution in [2.24, 2.45) is 0 Å². The Balaban J connectivity index is 2.14. The van der Waals surface area contributed by atoms with Gasteiger partial charge < -0.3 is 9.64 Å². The minimum absolute atomic E-state index is 0.585. The van der Waals surface area contributed by atoms with Crippen molar-refractivity contribution in [1.29, 1.82) is 5.26 Å². The lowest BCUT2D eigenvalue weighted by Crippen LogP contribution is -2.36. The topological polar surface area (TPSA) is 36.3 Å². The molecule has 3 heteroatoms. The fourth-order valence-corrected chi connectivity index (χ4v) is 2.03. The van der Waals surface area contributed by atoms with Crippen molar-refractivity contribution in [3.63, 3.8) is 0 Å². The van der Waals surface area contributed by atoms with Crippen molar-refractivity contribution in [2.45, 2.75) is 12.8 Å². The standard InChI is InChI=1S/C13H16N2O/c14-7-3-5-12-4-1-2-6-13(12)15-8-10-16-11-9-15/h1-2,4,6H,3,5,8-11H2. The summed E-state index contributed by atoms with van der Waals surface area (Å²) in [7, 11) is 0. The Morgan fingerprint density at radius 3 is 2.75 bits per heavy atom. The van der Waals surface area contributed by atoms with E-state index in [0.717, 1.165) is 32.7 Å². The second-order valence-electron chi connectivity index (χ2n) is 3.89. The van der Waals surface area contributed by atoms with E-state index in [1.807, 2.05) is 6.07 Å². The first-order valence-electron chi connectivity index (χ1n) is 5.69. The Labute approximate surface area is 96.2 Å². The van der Waals surface area contributed by atoms with Crippen molar-refractivity contribution in [1.82, 2.24) is 0 Å². The molecular weight excluding hydrogens is 200 g/mol. The largest absolute Gasteiger partial charge is 0.378 e. The second-order valence-corrected chi connectivity index (χ2v) is 3.89. The van der Waals surface area contributed by atoms with Crippen LogP contribution in [0.1, 0.15) is 12.0 Å². The quantitative estimate of drug-likeness (QED) is 0.775. The van der Waals surface area contributed by atoms with Crippen LogP contribution in [-0.4, -0.2) is 26.3 Å². The maximum atomic E-state index is 8.65. The highest BCUT2D eigenvalue weighted by atomic mass is 16.5. The minimum atomic E-state index is 0.585. The third-order valence-corrected chi connectivity index (χ3v) is 2.85. The number of benzene rings is 1. The van der Waals surface area contributed by atoms with Crippen LogP contribution in [0.4, 0.5) is 5.69 Å². The highest BCUT2D eigenvalue weighted by molar-refractivity contribution is 5.54. The van der Waals surface area contributed by atoms with E-state index in [4.69, 9.17) is 10.00 Å². The van der Waals surface area contributed by atoms with Gasteiger partial charge in [-0.15, -0.1) is 0 Å². The lowest BCUT2D eigenvalue weighted by molar-refractivity contribution is 0.122. The molecule has 1 fully saturated rings. The highest BCUT2D eigenvalue weighted by Gasteiger charge is 2.13. The summed E-state index contributed by atoms with van der Waals surface area (Å²) < 4.78 is 5.35. The van der Waals surface area contributed by atoms with Crippen molar-refractivity contribution >= 4 is 5.69 Å². The molecular formula is C13H16N2O. The average molecular weight is 216 g/mol. The van der Waals surface area contributed by atoms with E-state index in [-0.39, 0.29) is 0 Å². The van der Waals surface area contributed by atoms with Crippen LogP contribution in [0, 0.1) is 11.3 Å². The maximum absolute atomic E-state index is 8.65. The molecule has 0 N–H and O–H groups in total. The summed E-state index contributed by atoms with van der Waals surface area (Å²) in [5.41, 5.74) is 2.53. The number of hydrogen-bond donors (Lipinski definition) is 0. The van der Waals surface area contributed by atoms with Crippen LogP contribution in [0.15, 0.2) is 24.3 Å². The number of hydrogen-bond acceptors (Lipinski definition) is 3. The van der Waals surface area contributed by atoms with Gasteiger partial charge in [0, 0.05) is 25.2 Å². The van der Waals surface area contributed by atoms with Crippen LogP contribution in [0.3, 0.4) is 0 Å². The molecule has 16 heavy (non-hydrogen) atoms. The van der Waals surface area contributed by atoms with Gasteiger partial charge in [-0.1, -0.05) is 18.2 Å². The first-order valence-corrected chi connectivity index (χ1v) is 5.69. The molecule has 0 amide bonds. The Morgan fingerprint density at radius 2 is 2.00 bits per heavy atom. The molecule has 1 aromatic rings. The Kier molecular flexibility index (Phi) is 3.79. The number of anilines is 1. The number of para-hydroxylation sites is 1. The Bertz CT molecular complexity index is 378. The molecule has 0 spiro atoms. The number of ether oxygens (including phenoxy) is 1. The van der Waals surface area contributed by atoms with Crippen molar-refractivity contribution < 1.29 is 4.74 Å². The zero-order valence-corrected chi connectivity index (χ0v) is 9.35. The average Bonchev–Trinajstić information content (AvgIpc) is 2.38. The van der Waals surface area contributed by atoms with E-state index >= 15 is 0 Å². The lowest BCUT2D eigenvalue weighted by atomic mass is 10.1. The molecule has 84 valence electrons. The molecule has 0 aliphatic carbocycles. The van der Waals surface area contributed by atoms with E-state index in [2.05, 4.69) is 29.2 Å². The van der Waals surface area contributed by atoms with Crippen LogP contribution in [0.2, 0.25) is 0 Å². The smallest absolute Gasteiger partial charge is 0.0642 e. The molecule has 0 unspecified atom stereocenters. The van der Waals surface area contributed by atoms with Gasteiger partial charge in [0.15, 0.2) is 0 Å². The number of nitrogens with zero attached hydrogens (tertiary/aromatic N) is 2. The van der Waals surface area contributed by atoms with E-state index in [9.17, 15) is 0 Å². The van der Waals surface area contributed by atoms with Gasteiger partial charge in [-0.3, -0.25) is 0 Å². The van der Waals surface area contributed by atoms with Gasteiger partial charge in [0.2, 0.25) is 0 Å². The molecule has 1 saturated heterocycles. The third kappa shape index (κ3) is 2.53. The zero-order valence-electron chi connectivity index (χ0n) is 9.35. The molecule has 1 heterocycles. The SMILES string of the molecule is N#CCCc1ccccc1N1CCOCC1. The van der Waals surface area contributed by atoms with Crippen molar-refractivity contribution in [3.05, 3.63) is 29.8 Å². The van der Waals surface area contributed by atoms with E-state index in [1.54, 1.807) is 0 Å². The first-order chi connectivity index (χ1) is 7.92. The molecule has 3 nitrogen and oxygen atoms in total. The van der Waals surface area contributed by atoms with E-state index in [1.165, 1.54) is 11.3 Å². The molecule has 0 aromatic heterocycles. The monoisotopic (exact) mass is 216 g/mol. The molecule has 0 radical (unpaired) electrons. The number of nitriles is 1. The van der Waals surface area contributed by atoms with E-state index in [0.29, 0.717) is 6.42 Å². The summed E-state index contributed by atoms with van der Waals surface area (Å²) in [6.45, 7) is 3.49. The predicted octanol–water partition coefficient (Wildman–Crippen LogP) is 1.98. The zero-order chi connectivity index (χ0) is 11.2. The second kappa shape index (κ2) is 5.53. The minimum Gasteiger partial charge on any atom is -0.378 e. The van der Waals surface area contributed by atoms with Crippen LogP contribution in [-0.2, 0) is 11.2 Å². The summed E-state index contributed by atoms with van der Waals surface area (Å²) in [5.74, 6) is 0. The Hall–Kier alpha value is -1.53.